The Morgan fingerprint density at radius 3 is 2.71 bits per heavy atom. The number of imidazole rings is 1. The highest BCUT2D eigenvalue weighted by Crippen LogP contribution is 2.21. The largest absolute Gasteiger partial charge is 0.419 e. The predicted octanol–water partition coefficient (Wildman–Crippen LogP) is 2.70. The molecule has 0 saturated carbocycles. The van der Waals surface area contributed by atoms with Crippen molar-refractivity contribution in [3.8, 4) is 11.5 Å². The summed E-state index contributed by atoms with van der Waals surface area (Å²) in [6, 6.07) is 6.04. The minimum atomic E-state index is -0.284. The first kappa shape index (κ1) is 15.0. The fourth-order valence-electron chi connectivity index (χ4n) is 3.01. The van der Waals surface area contributed by atoms with Gasteiger partial charge in [0.15, 0.2) is 0 Å². The summed E-state index contributed by atoms with van der Waals surface area (Å²) in [5.41, 5.74) is 3.04. The Hall–Kier alpha value is -2.54. The van der Waals surface area contributed by atoms with Gasteiger partial charge in [0.2, 0.25) is 11.8 Å². The number of aromatic nitrogens is 4. The van der Waals surface area contributed by atoms with E-state index in [1.807, 2.05) is 6.92 Å². The van der Waals surface area contributed by atoms with Gasteiger partial charge < -0.3 is 8.98 Å². The van der Waals surface area contributed by atoms with E-state index in [1.165, 1.54) is 17.8 Å². The van der Waals surface area contributed by atoms with Gasteiger partial charge in [-0.15, -0.1) is 10.2 Å². The van der Waals surface area contributed by atoms with Crippen LogP contribution in [0.5, 0.6) is 0 Å². The minimum absolute atomic E-state index is 0.284. The lowest BCUT2D eigenvalue weighted by atomic mass is 10.2. The first-order valence-electron chi connectivity index (χ1n) is 7.93. The maximum Gasteiger partial charge on any atom is 0.247 e. The lowest BCUT2D eigenvalue weighted by Crippen LogP contribution is -2.33. The highest BCUT2D eigenvalue weighted by molar-refractivity contribution is 5.51. The van der Waals surface area contributed by atoms with Gasteiger partial charge in [-0.3, -0.25) is 4.90 Å². The SMILES string of the molecule is Cc1nc2n(c1C)CCN(Cc1nnc(-c3ccc(F)cc3)o1)C2. The van der Waals surface area contributed by atoms with Gasteiger partial charge >= 0.3 is 0 Å². The Kier molecular flexibility index (Phi) is 3.65. The number of aryl methyl sites for hydroxylation is 1. The van der Waals surface area contributed by atoms with E-state index in [0.29, 0.717) is 18.3 Å². The summed E-state index contributed by atoms with van der Waals surface area (Å²) in [5.74, 6) is 1.76. The van der Waals surface area contributed by atoms with Crippen LogP contribution in [0, 0.1) is 19.7 Å². The molecule has 7 heteroatoms. The summed E-state index contributed by atoms with van der Waals surface area (Å²) in [4.78, 5) is 6.86. The van der Waals surface area contributed by atoms with Crippen LogP contribution >= 0.6 is 0 Å². The van der Waals surface area contributed by atoms with Crippen molar-refractivity contribution in [2.75, 3.05) is 6.54 Å². The van der Waals surface area contributed by atoms with Gasteiger partial charge in [0.1, 0.15) is 11.6 Å². The fourth-order valence-corrected chi connectivity index (χ4v) is 3.01. The summed E-state index contributed by atoms with van der Waals surface area (Å²) in [5, 5.41) is 8.17. The number of fused-ring (bicyclic) bond motifs is 1. The molecule has 0 saturated heterocycles. The number of hydrogen-bond acceptors (Lipinski definition) is 5. The predicted molar refractivity (Wildman–Crippen MR) is 85.5 cm³/mol. The van der Waals surface area contributed by atoms with Crippen molar-refractivity contribution in [1.29, 1.82) is 0 Å². The van der Waals surface area contributed by atoms with Crippen LogP contribution in [0.25, 0.3) is 11.5 Å². The molecular formula is C17H18FN5O. The van der Waals surface area contributed by atoms with E-state index in [2.05, 4.69) is 31.6 Å². The third kappa shape index (κ3) is 2.71. The zero-order chi connectivity index (χ0) is 16.7. The van der Waals surface area contributed by atoms with Crippen molar-refractivity contribution in [3.63, 3.8) is 0 Å². The molecule has 0 radical (unpaired) electrons. The van der Waals surface area contributed by atoms with Gasteiger partial charge in [0.05, 0.1) is 18.8 Å². The van der Waals surface area contributed by atoms with Gasteiger partial charge in [-0.1, -0.05) is 0 Å². The third-order valence-corrected chi connectivity index (χ3v) is 4.46. The summed E-state index contributed by atoms with van der Waals surface area (Å²) < 4.78 is 21.0. The van der Waals surface area contributed by atoms with Gasteiger partial charge in [-0.25, -0.2) is 9.37 Å². The molecule has 1 aliphatic heterocycles. The molecule has 1 aliphatic rings. The first-order chi connectivity index (χ1) is 11.6. The number of hydrogen-bond donors (Lipinski definition) is 0. The Balaban J connectivity index is 1.48. The Morgan fingerprint density at radius 1 is 1.12 bits per heavy atom. The highest BCUT2D eigenvalue weighted by Gasteiger charge is 2.22. The van der Waals surface area contributed by atoms with Crippen LogP contribution in [0.15, 0.2) is 28.7 Å². The van der Waals surface area contributed by atoms with E-state index in [9.17, 15) is 4.39 Å². The Labute approximate surface area is 138 Å². The van der Waals surface area contributed by atoms with Crippen molar-refractivity contribution >= 4 is 0 Å². The maximum absolute atomic E-state index is 13.0. The lowest BCUT2D eigenvalue weighted by molar-refractivity contribution is 0.190. The highest BCUT2D eigenvalue weighted by atomic mass is 19.1. The zero-order valence-corrected chi connectivity index (χ0v) is 13.7. The van der Waals surface area contributed by atoms with Crippen LogP contribution in [-0.4, -0.2) is 31.2 Å². The third-order valence-electron chi connectivity index (χ3n) is 4.46. The van der Waals surface area contributed by atoms with Gasteiger partial charge in [0, 0.05) is 24.3 Å². The summed E-state index contributed by atoms with van der Waals surface area (Å²) in [6.45, 7) is 7.33. The van der Waals surface area contributed by atoms with Crippen LogP contribution in [-0.2, 0) is 19.6 Å². The Bertz CT molecular complexity index is 868. The topological polar surface area (TPSA) is 60.0 Å². The molecule has 2 aromatic heterocycles. The Morgan fingerprint density at radius 2 is 1.92 bits per heavy atom. The van der Waals surface area contributed by atoms with Crippen molar-refractivity contribution in [2.24, 2.45) is 0 Å². The average Bonchev–Trinajstić information content (AvgIpc) is 3.14. The average molecular weight is 327 g/mol. The second kappa shape index (κ2) is 5.83. The van der Waals surface area contributed by atoms with Crippen LogP contribution in [0.1, 0.15) is 23.1 Å². The van der Waals surface area contributed by atoms with Gasteiger partial charge in [0.25, 0.3) is 0 Å². The second-order valence-electron chi connectivity index (χ2n) is 6.07. The molecule has 4 rings (SSSR count). The normalized spacial score (nSPS) is 14.8. The molecule has 0 bridgehead atoms. The molecule has 3 heterocycles. The summed E-state index contributed by atoms with van der Waals surface area (Å²) in [7, 11) is 0. The zero-order valence-electron chi connectivity index (χ0n) is 13.7. The number of benzene rings is 1. The van der Waals surface area contributed by atoms with E-state index < -0.39 is 0 Å². The van der Waals surface area contributed by atoms with Crippen molar-refractivity contribution < 1.29 is 8.81 Å². The van der Waals surface area contributed by atoms with E-state index in [4.69, 9.17) is 4.42 Å². The van der Waals surface area contributed by atoms with E-state index in [0.717, 1.165) is 36.7 Å². The molecule has 24 heavy (non-hydrogen) atoms. The molecule has 1 aromatic carbocycles. The van der Waals surface area contributed by atoms with E-state index in [1.54, 1.807) is 12.1 Å². The molecule has 6 nitrogen and oxygen atoms in total. The molecule has 0 amide bonds. The quantitative estimate of drug-likeness (QED) is 0.740. The smallest absolute Gasteiger partial charge is 0.247 e. The molecular weight excluding hydrogens is 309 g/mol. The van der Waals surface area contributed by atoms with Gasteiger partial charge in [-0.2, -0.15) is 0 Å². The molecule has 0 unspecified atom stereocenters. The van der Waals surface area contributed by atoms with Gasteiger partial charge in [-0.05, 0) is 38.1 Å². The van der Waals surface area contributed by atoms with Crippen LogP contribution in [0.2, 0.25) is 0 Å². The summed E-state index contributed by atoms with van der Waals surface area (Å²) in [6.07, 6.45) is 0. The molecule has 0 N–H and O–H groups in total. The van der Waals surface area contributed by atoms with Crippen LogP contribution in [0.4, 0.5) is 4.39 Å². The number of rotatable bonds is 3. The van der Waals surface area contributed by atoms with Crippen molar-refractivity contribution in [3.05, 3.63) is 53.2 Å². The first-order valence-corrected chi connectivity index (χ1v) is 7.93. The van der Waals surface area contributed by atoms with Crippen LogP contribution in [0.3, 0.4) is 0 Å². The molecule has 0 spiro atoms. The van der Waals surface area contributed by atoms with Crippen LogP contribution < -0.4 is 0 Å². The van der Waals surface area contributed by atoms with E-state index >= 15 is 0 Å². The van der Waals surface area contributed by atoms with E-state index in [-0.39, 0.29) is 5.82 Å². The standard InChI is InChI=1S/C17H18FN5O/c1-11-12(2)23-8-7-22(9-15(23)19-11)10-16-20-21-17(24-16)13-3-5-14(18)6-4-13/h3-6H,7-10H2,1-2H3. The lowest BCUT2D eigenvalue weighted by Gasteiger charge is -2.26. The number of halogens is 1. The minimum Gasteiger partial charge on any atom is -0.419 e. The molecule has 0 atom stereocenters. The number of nitrogens with zero attached hydrogens (tertiary/aromatic N) is 5. The molecule has 0 fully saturated rings. The molecule has 124 valence electrons. The second-order valence-corrected chi connectivity index (χ2v) is 6.07. The van der Waals surface area contributed by atoms with Crippen molar-refractivity contribution in [1.82, 2.24) is 24.6 Å². The van der Waals surface area contributed by atoms with Crippen molar-refractivity contribution in [2.45, 2.75) is 33.5 Å². The monoisotopic (exact) mass is 327 g/mol. The molecule has 0 aliphatic carbocycles. The fraction of sp³-hybridized carbons (Fsp3) is 0.353. The molecule has 3 aromatic rings. The summed E-state index contributed by atoms with van der Waals surface area (Å²) >= 11 is 0. The maximum atomic E-state index is 13.0.